The van der Waals surface area contributed by atoms with Crippen LogP contribution in [0.4, 0.5) is 5.69 Å². The zero-order chi connectivity index (χ0) is 15.0. The van der Waals surface area contributed by atoms with E-state index in [0.29, 0.717) is 17.3 Å². The van der Waals surface area contributed by atoms with Gasteiger partial charge in [-0.25, -0.2) is 0 Å². The molecule has 6 heteroatoms. The predicted molar refractivity (Wildman–Crippen MR) is 80.8 cm³/mol. The van der Waals surface area contributed by atoms with Gasteiger partial charge in [-0.1, -0.05) is 0 Å². The number of fused-ring (bicyclic) bond motifs is 1. The van der Waals surface area contributed by atoms with Gasteiger partial charge in [0, 0.05) is 35.9 Å². The summed E-state index contributed by atoms with van der Waals surface area (Å²) < 4.78 is 0. The van der Waals surface area contributed by atoms with E-state index in [-0.39, 0.29) is 18.4 Å². The van der Waals surface area contributed by atoms with Crippen molar-refractivity contribution in [1.82, 2.24) is 15.2 Å². The number of likely N-dealkylation sites (N-methyl/N-ethyl adjacent to an activating group) is 1. The first-order valence-corrected chi connectivity index (χ1v) is 6.96. The minimum Gasteiger partial charge on any atom is -0.399 e. The molecule has 21 heavy (non-hydrogen) atoms. The Labute approximate surface area is 122 Å². The number of hydrogen-bond acceptors (Lipinski definition) is 3. The monoisotopic (exact) mass is 286 g/mol. The van der Waals surface area contributed by atoms with Crippen molar-refractivity contribution >= 4 is 28.4 Å². The smallest absolute Gasteiger partial charge is 0.256 e. The van der Waals surface area contributed by atoms with E-state index < -0.39 is 0 Å². The highest BCUT2D eigenvalue weighted by Crippen LogP contribution is 2.22. The molecule has 6 nitrogen and oxygen atoms in total. The molecule has 1 aliphatic rings. The van der Waals surface area contributed by atoms with Crippen LogP contribution in [0.2, 0.25) is 0 Å². The summed E-state index contributed by atoms with van der Waals surface area (Å²) in [5.41, 5.74) is 7.72. The molecular weight excluding hydrogens is 268 g/mol. The van der Waals surface area contributed by atoms with Crippen molar-refractivity contribution in [3.63, 3.8) is 0 Å². The summed E-state index contributed by atoms with van der Waals surface area (Å²) in [4.78, 5) is 28.7. The van der Waals surface area contributed by atoms with Gasteiger partial charge in [0.05, 0.1) is 12.1 Å². The molecule has 1 saturated carbocycles. The third-order valence-corrected chi connectivity index (χ3v) is 3.61. The number of amides is 2. The predicted octanol–water partition coefficient (Wildman–Crippen LogP) is 1.10. The highest BCUT2D eigenvalue weighted by Gasteiger charge is 2.25. The lowest BCUT2D eigenvalue weighted by atomic mass is 10.1. The van der Waals surface area contributed by atoms with Gasteiger partial charge >= 0.3 is 0 Å². The van der Waals surface area contributed by atoms with Crippen LogP contribution >= 0.6 is 0 Å². The first-order valence-electron chi connectivity index (χ1n) is 6.96. The molecule has 0 bridgehead atoms. The second-order valence-electron chi connectivity index (χ2n) is 5.51. The second kappa shape index (κ2) is 5.12. The zero-order valence-electron chi connectivity index (χ0n) is 11.8. The molecule has 0 aliphatic heterocycles. The van der Waals surface area contributed by atoms with Gasteiger partial charge < -0.3 is 20.9 Å². The number of carbonyl (C=O) groups is 2. The summed E-state index contributed by atoms with van der Waals surface area (Å²) in [5.74, 6) is -0.297. The van der Waals surface area contributed by atoms with Crippen LogP contribution in [0.25, 0.3) is 10.9 Å². The Bertz CT molecular complexity index is 703. The number of nitrogens with zero attached hydrogens (tertiary/aromatic N) is 1. The van der Waals surface area contributed by atoms with E-state index in [2.05, 4.69) is 10.3 Å². The molecule has 1 aromatic carbocycles. The van der Waals surface area contributed by atoms with Gasteiger partial charge in [-0.15, -0.1) is 0 Å². The Morgan fingerprint density at radius 2 is 2.19 bits per heavy atom. The molecule has 0 saturated heterocycles. The fourth-order valence-corrected chi connectivity index (χ4v) is 2.31. The number of rotatable bonds is 4. The van der Waals surface area contributed by atoms with Crippen LogP contribution in [-0.2, 0) is 4.79 Å². The number of nitrogens with two attached hydrogens (primary N) is 1. The Morgan fingerprint density at radius 3 is 2.90 bits per heavy atom. The van der Waals surface area contributed by atoms with Crippen LogP contribution in [0.1, 0.15) is 23.2 Å². The lowest BCUT2D eigenvalue weighted by molar-refractivity contribution is -0.121. The minimum absolute atomic E-state index is 0.0664. The van der Waals surface area contributed by atoms with Crippen LogP contribution in [0.5, 0.6) is 0 Å². The fourth-order valence-electron chi connectivity index (χ4n) is 2.31. The number of anilines is 1. The van der Waals surface area contributed by atoms with Crippen molar-refractivity contribution in [2.24, 2.45) is 0 Å². The highest BCUT2D eigenvalue weighted by molar-refractivity contribution is 6.07. The second-order valence-corrected chi connectivity index (χ2v) is 5.51. The molecule has 4 N–H and O–H groups in total. The average Bonchev–Trinajstić information content (AvgIpc) is 3.15. The van der Waals surface area contributed by atoms with Crippen molar-refractivity contribution < 1.29 is 9.59 Å². The summed E-state index contributed by atoms with van der Waals surface area (Å²) in [6, 6.07) is 5.66. The fraction of sp³-hybridized carbons (Fsp3) is 0.333. The van der Waals surface area contributed by atoms with E-state index in [9.17, 15) is 9.59 Å². The van der Waals surface area contributed by atoms with Gasteiger partial charge in [-0.2, -0.15) is 0 Å². The number of carbonyl (C=O) groups excluding carboxylic acids is 2. The van der Waals surface area contributed by atoms with Gasteiger partial charge in [0.2, 0.25) is 5.91 Å². The van der Waals surface area contributed by atoms with E-state index in [0.717, 1.165) is 23.7 Å². The van der Waals surface area contributed by atoms with E-state index in [1.807, 2.05) is 6.07 Å². The SMILES string of the molecule is CN(CC(=O)NC1CC1)C(=O)c1c[nH]c2cc(N)ccc12. The standard InChI is InChI=1S/C15H18N4O2/c1-19(8-14(20)18-10-3-4-10)15(21)12-7-17-13-6-9(16)2-5-11(12)13/h2,5-7,10,17H,3-4,8,16H2,1H3,(H,18,20). The van der Waals surface area contributed by atoms with Gasteiger partial charge in [-0.05, 0) is 31.0 Å². The van der Waals surface area contributed by atoms with Gasteiger partial charge in [-0.3, -0.25) is 9.59 Å². The first kappa shape index (κ1) is 13.5. The quantitative estimate of drug-likeness (QED) is 0.735. The maximum atomic E-state index is 12.4. The topological polar surface area (TPSA) is 91.2 Å². The molecule has 1 aromatic heterocycles. The van der Waals surface area contributed by atoms with Crippen LogP contribution in [0.15, 0.2) is 24.4 Å². The number of H-pyrrole nitrogens is 1. The van der Waals surface area contributed by atoms with Crippen molar-refractivity contribution in [1.29, 1.82) is 0 Å². The third-order valence-electron chi connectivity index (χ3n) is 3.61. The minimum atomic E-state index is -0.183. The molecule has 2 amide bonds. The summed E-state index contributed by atoms with van der Waals surface area (Å²) >= 11 is 0. The van der Waals surface area contributed by atoms with E-state index in [4.69, 9.17) is 5.73 Å². The number of aromatic nitrogens is 1. The Morgan fingerprint density at radius 1 is 1.43 bits per heavy atom. The maximum absolute atomic E-state index is 12.4. The molecule has 110 valence electrons. The molecule has 2 aromatic rings. The normalized spacial score (nSPS) is 14.1. The molecular formula is C15H18N4O2. The highest BCUT2D eigenvalue weighted by atomic mass is 16.2. The third kappa shape index (κ3) is 2.84. The summed E-state index contributed by atoms with van der Waals surface area (Å²) in [6.07, 6.45) is 3.72. The molecule has 0 unspecified atom stereocenters. The van der Waals surface area contributed by atoms with Gasteiger partial charge in [0.25, 0.3) is 5.91 Å². The van der Waals surface area contributed by atoms with Crippen LogP contribution in [0, 0.1) is 0 Å². The number of benzene rings is 1. The summed E-state index contributed by atoms with van der Waals surface area (Å²) in [7, 11) is 1.63. The molecule has 1 fully saturated rings. The van der Waals surface area contributed by atoms with Crippen molar-refractivity contribution in [2.45, 2.75) is 18.9 Å². The Kier molecular flexibility index (Phi) is 3.29. The first-order chi connectivity index (χ1) is 10.0. The summed E-state index contributed by atoms with van der Waals surface area (Å²) in [5, 5.41) is 3.68. The maximum Gasteiger partial charge on any atom is 0.256 e. The zero-order valence-corrected chi connectivity index (χ0v) is 11.8. The van der Waals surface area contributed by atoms with Gasteiger partial charge in [0.1, 0.15) is 0 Å². The molecule has 3 rings (SSSR count). The molecule has 0 spiro atoms. The van der Waals surface area contributed by atoms with Crippen molar-refractivity contribution in [3.05, 3.63) is 30.0 Å². The summed E-state index contributed by atoms with van der Waals surface area (Å²) in [6.45, 7) is 0.0664. The lowest BCUT2D eigenvalue weighted by Gasteiger charge is -2.16. The van der Waals surface area contributed by atoms with E-state index >= 15 is 0 Å². The van der Waals surface area contributed by atoms with Gasteiger partial charge in [0.15, 0.2) is 0 Å². The number of hydrogen-bond donors (Lipinski definition) is 3. The average molecular weight is 286 g/mol. The lowest BCUT2D eigenvalue weighted by Crippen LogP contribution is -2.39. The molecule has 1 heterocycles. The van der Waals surface area contributed by atoms with Crippen LogP contribution < -0.4 is 11.1 Å². The Balaban J connectivity index is 1.74. The van der Waals surface area contributed by atoms with E-state index in [1.165, 1.54) is 4.90 Å². The van der Waals surface area contributed by atoms with Crippen LogP contribution in [-0.4, -0.2) is 41.3 Å². The van der Waals surface area contributed by atoms with Crippen LogP contribution in [0.3, 0.4) is 0 Å². The number of nitrogens with one attached hydrogen (secondary N) is 2. The van der Waals surface area contributed by atoms with E-state index in [1.54, 1.807) is 25.4 Å². The largest absolute Gasteiger partial charge is 0.399 e. The molecule has 0 atom stereocenters. The molecule has 0 radical (unpaired) electrons. The number of aromatic amines is 1. The van der Waals surface area contributed by atoms with Crippen molar-refractivity contribution in [3.8, 4) is 0 Å². The molecule has 1 aliphatic carbocycles. The number of nitrogen functional groups attached to an aromatic ring is 1. The van der Waals surface area contributed by atoms with Crippen molar-refractivity contribution in [2.75, 3.05) is 19.3 Å². The Hall–Kier alpha value is -2.50.